The number of nitrogens with one attached hydrogen (secondary N) is 1. The molecule has 8 heteroatoms. The first-order chi connectivity index (χ1) is 11.0. The summed E-state index contributed by atoms with van der Waals surface area (Å²) >= 11 is 7.32. The molecule has 0 fully saturated rings. The fourth-order valence-electron chi connectivity index (χ4n) is 2.16. The lowest BCUT2D eigenvalue weighted by Gasteiger charge is -2.02. The van der Waals surface area contributed by atoms with Crippen molar-refractivity contribution in [3.63, 3.8) is 0 Å². The highest BCUT2D eigenvalue weighted by Gasteiger charge is 2.15. The summed E-state index contributed by atoms with van der Waals surface area (Å²) in [5.74, 6) is -0.240. The Hall–Kier alpha value is -2.25. The summed E-state index contributed by atoms with van der Waals surface area (Å²) in [6.45, 7) is 4.18. The molecule has 0 spiro atoms. The van der Waals surface area contributed by atoms with Crippen molar-refractivity contribution in [3.05, 3.63) is 57.3 Å². The monoisotopic (exact) mass is 347 g/mol. The summed E-state index contributed by atoms with van der Waals surface area (Å²) in [4.78, 5) is 12.3. The molecule has 1 aromatic carbocycles. The Bertz CT molecular complexity index is 857. The first kappa shape index (κ1) is 15.6. The molecule has 2 aromatic heterocycles. The standard InChI is InChI=1S/C15H14ClN5OS/c1-9-13(14(22)17-15-19-18-10(2)23-15)8-21(20-9)7-11-4-3-5-12(16)6-11/h3-6,8H,7H2,1-2H3,(H,17,19,22). The molecule has 0 saturated heterocycles. The second kappa shape index (κ2) is 6.47. The van der Waals surface area contributed by atoms with Crippen LogP contribution in [0.3, 0.4) is 0 Å². The van der Waals surface area contributed by atoms with Crippen molar-refractivity contribution in [3.8, 4) is 0 Å². The van der Waals surface area contributed by atoms with E-state index in [9.17, 15) is 4.79 Å². The predicted octanol–water partition coefficient (Wildman–Crippen LogP) is 3.31. The van der Waals surface area contributed by atoms with E-state index in [1.165, 1.54) is 11.3 Å². The summed E-state index contributed by atoms with van der Waals surface area (Å²) in [6.07, 6.45) is 1.72. The molecule has 23 heavy (non-hydrogen) atoms. The van der Waals surface area contributed by atoms with E-state index >= 15 is 0 Å². The number of rotatable bonds is 4. The Balaban J connectivity index is 1.76. The Morgan fingerprint density at radius 1 is 1.35 bits per heavy atom. The molecule has 0 aliphatic carbocycles. The number of amides is 1. The van der Waals surface area contributed by atoms with Gasteiger partial charge in [0.05, 0.1) is 17.8 Å². The van der Waals surface area contributed by atoms with Crippen LogP contribution in [0.5, 0.6) is 0 Å². The van der Waals surface area contributed by atoms with Crippen LogP contribution in [-0.2, 0) is 6.54 Å². The van der Waals surface area contributed by atoms with Crippen LogP contribution in [0, 0.1) is 13.8 Å². The summed E-state index contributed by atoms with van der Waals surface area (Å²) in [7, 11) is 0. The third-order valence-corrected chi connectivity index (χ3v) is 4.16. The average Bonchev–Trinajstić information content (AvgIpc) is 3.05. The molecule has 0 aliphatic heterocycles. The first-order valence-corrected chi connectivity index (χ1v) is 8.10. The van der Waals surface area contributed by atoms with Crippen LogP contribution in [0.4, 0.5) is 5.13 Å². The minimum absolute atomic E-state index is 0.240. The molecule has 118 valence electrons. The van der Waals surface area contributed by atoms with Crippen LogP contribution in [0.2, 0.25) is 5.02 Å². The fourth-order valence-corrected chi connectivity index (χ4v) is 2.96. The molecule has 2 heterocycles. The molecule has 6 nitrogen and oxygen atoms in total. The number of aromatic nitrogens is 4. The number of halogens is 1. The lowest BCUT2D eigenvalue weighted by Crippen LogP contribution is -2.12. The highest BCUT2D eigenvalue weighted by atomic mass is 35.5. The van der Waals surface area contributed by atoms with Gasteiger partial charge in [-0.05, 0) is 31.5 Å². The normalized spacial score (nSPS) is 10.7. The van der Waals surface area contributed by atoms with E-state index in [0.29, 0.717) is 28.0 Å². The molecular weight excluding hydrogens is 334 g/mol. The predicted molar refractivity (Wildman–Crippen MR) is 90.1 cm³/mol. The molecule has 0 bridgehead atoms. The molecule has 3 aromatic rings. The van der Waals surface area contributed by atoms with Gasteiger partial charge in [0, 0.05) is 11.2 Å². The van der Waals surface area contributed by atoms with Crippen LogP contribution in [0.25, 0.3) is 0 Å². The van der Waals surface area contributed by atoms with Gasteiger partial charge in [-0.25, -0.2) is 0 Å². The second-order valence-electron chi connectivity index (χ2n) is 5.04. The molecule has 1 amide bonds. The summed E-state index contributed by atoms with van der Waals surface area (Å²) in [5, 5.41) is 16.8. The smallest absolute Gasteiger partial charge is 0.260 e. The third-order valence-electron chi connectivity index (χ3n) is 3.17. The zero-order valence-electron chi connectivity index (χ0n) is 12.6. The van der Waals surface area contributed by atoms with Gasteiger partial charge in [-0.1, -0.05) is 35.1 Å². The third kappa shape index (κ3) is 3.75. The maximum Gasteiger partial charge on any atom is 0.260 e. The maximum atomic E-state index is 12.3. The highest BCUT2D eigenvalue weighted by molar-refractivity contribution is 7.15. The Kier molecular flexibility index (Phi) is 4.40. The molecule has 3 rings (SSSR count). The van der Waals surface area contributed by atoms with Gasteiger partial charge in [0.15, 0.2) is 0 Å². The lowest BCUT2D eigenvalue weighted by molar-refractivity contribution is 0.102. The fraction of sp³-hybridized carbons (Fsp3) is 0.200. The van der Waals surface area contributed by atoms with Gasteiger partial charge < -0.3 is 0 Å². The number of nitrogens with zero attached hydrogens (tertiary/aromatic N) is 4. The highest BCUT2D eigenvalue weighted by Crippen LogP contribution is 2.17. The van der Waals surface area contributed by atoms with E-state index in [4.69, 9.17) is 11.6 Å². The van der Waals surface area contributed by atoms with E-state index in [2.05, 4.69) is 20.6 Å². The lowest BCUT2D eigenvalue weighted by atomic mass is 10.2. The largest absolute Gasteiger partial charge is 0.296 e. The van der Waals surface area contributed by atoms with Crippen molar-refractivity contribution < 1.29 is 4.79 Å². The van der Waals surface area contributed by atoms with E-state index in [-0.39, 0.29) is 5.91 Å². The summed E-state index contributed by atoms with van der Waals surface area (Å²) < 4.78 is 1.72. The van der Waals surface area contributed by atoms with Gasteiger partial charge in [0.2, 0.25) is 5.13 Å². The van der Waals surface area contributed by atoms with Crippen LogP contribution in [0.1, 0.15) is 26.6 Å². The number of hydrogen-bond donors (Lipinski definition) is 1. The molecule has 0 radical (unpaired) electrons. The Morgan fingerprint density at radius 3 is 2.87 bits per heavy atom. The van der Waals surface area contributed by atoms with Crippen LogP contribution in [-0.4, -0.2) is 25.9 Å². The molecular formula is C15H14ClN5OS. The van der Waals surface area contributed by atoms with Gasteiger partial charge >= 0.3 is 0 Å². The van der Waals surface area contributed by atoms with Crippen molar-refractivity contribution in [1.29, 1.82) is 0 Å². The molecule has 0 aliphatic rings. The number of anilines is 1. The minimum atomic E-state index is -0.240. The Labute approximate surface area is 142 Å². The zero-order valence-corrected chi connectivity index (χ0v) is 14.1. The number of benzene rings is 1. The molecule has 1 N–H and O–H groups in total. The SMILES string of the molecule is Cc1nnc(NC(=O)c2cn(Cc3cccc(Cl)c3)nc2C)s1. The minimum Gasteiger partial charge on any atom is -0.296 e. The van der Waals surface area contributed by atoms with Gasteiger partial charge in [-0.15, -0.1) is 10.2 Å². The van der Waals surface area contributed by atoms with Crippen molar-refractivity contribution in [2.45, 2.75) is 20.4 Å². The molecule has 0 saturated carbocycles. The number of aryl methyl sites for hydroxylation is 2. The van der Waals surface area contributed by atoms with Crippen LogP contribution in [0.15, 0.2) is 30.5 Å². The zero-order chi connectivity index (χ0) is 16.4. The van der Waals surface area contributed by atoms with Gasteiger partial charge in [-0.2, -0.15) is 5.10 Å². The van der Waals surface area contributed by atoms with E-state index < -0.39 is 0 Å². The molecule has 0 unspecified atom stereocenters. The van der Waals surface area contributed by atoms with Crippen molar-refractivity contribution >= 4 is 34.0 Å². The summed E-state index contributed by atoms with van der Waals surface area (Å²) in [5.41, 5.74) is 2.19. The quantitative estimate of drug-likeness (QED) is 0.785. The average molecular weight is 348 g/mol. The number of carbonyl (C=O) groups excluding carboxylic acids is 1. The Morgan fingerprint density at radius 2 is 2.17 bits per heavy atom. The van der Waals surface area contributed by atoms with Gasteiger partial charge in [0.25, 0.3) is 5.91 Å². The number of hydrogen-bond acceptors (Lipinski definition) is 5. The first-order valence-electron chi connectivity index (χ1n) is 6.91. The van der Waals surface area contributed by atoms with Crippen LogP contribution >= 0.6 is 22.9 Å². The van der Waals surface area contributed by atoms with E-state index in [1.54, 1.807) is 17.8 Å². The maximum absolute atomic E-state index is 12.3. The second-order valence-corrected chi connectivity index (χ2v) is 6.65. The number of carbonyl (C=O) groups is 1. The van der Waals surface area contributed by atoms with Crippen molar-refractivity contribution in [2.24, 2.45) is 0 Å². The van der Waals surface area contributed by atoms with Crippen molar-refractivity contribution in [2.75, 3.05) is 5.32 Å². The van der Waals surface area contributed by atoms with E-state index in [1.807, 2.05) is 31.2 Å². The van der Waals surface area contributed by atoms with Crippen molar-refractivity contribution in [1.82, 2.24) is 20.0 Å². The topological polar surface area (TPSA) is 72.7 Å². The van der Waals surface area contributed by atoms with Gasteiger partial charge in [0.1, 0.15) is 5.01 Å². The summed E-state index contributed by atoms with van der Waals surface area (Å²) in [6, 6.07) is 7.55. The molecule has 0 atom stereocenters. The van der Waals surface area contributed by atoms with Gasteiger partial charge in [-0.3, -0.25) is 14.8 Å². The van der Waals surface area contributed by atoms with Crippen LogP contribution < -0.4 is 5.32 Å². The van der Waals surface area contributed by atoms with E-state index in [0.717, 1.165) is 10.6 Å².